The van der Waals surface area contributed by atoms with Gasteiger partial charge in [-0.05, 0) is 13.3 Å². The van der Waals surface area contributed by atoms with Gasteiger partial charge in [-0.25, -0.2) is 0 Å². The maximum atomic E-state index is 5.44. The van der Waals surface area contributed by atoms with Crippen molar-refractivity contribution in [2.24, 2.45) is 0 Å². The summed E-state index contributed by atoms with van der Waals surface area (Å²) in [4.78, 5) is 3.95. The molecule has 78 valence electrons. The van der Waals surface area contributed by atoms with Gasteiger partial charge in [0.05, 0.1) is 6.10 Å². The van der Waals surface area contributed by atoms with Gasteiger partial charge in [0.2, 0.25) is 6.39 Å². The van der Waals surface area contributed by atoms with Crippen LogP contribution in [0.15, 0.2) is 10.9 Å². The molecule has 1 aromatic heterocycles. The van der Waals surface area contributed by atoms with E-state index in [0.717, 1.165) is 31.8 Å². The molecule has 1 saturated heterocycles. The van der Waals surface area contributed by atoms with E-state index in [1.54, 1.807) is 0 Å². The Kier molecular flexibility index (Phi) is 3.10. The summed E-state index contributed by atoms with van der Waals surface area (Å²) in [5, 5.41) is 7.16. The lowest BCUT2D eigenvalue weighted by molar-refractivity contribution is 0.113. The van der Waals surface area contributed by atoms with Crippen LogP contribution in [0.3, 0.4) is 0 Å². The number of rotatable bonds is 4. The number of nitrogens with one attached hydrogen (secondary N) is 1. The van der Waals surface area contributed by atoms with Crippen LogP contribution in [0.5, 0.6) is 0 Å². The van der Waals surface area contributed by atoms with Crippen LogP contribution in [-0.4, -0.2) is 35.4 Å². The zero-order chi connectivity index (χ0) is 9.80. The molecule has 14 heavy (non-hydrogen) atoms. The van der Waals surface area contributed by atoms with Gasteiger partial charge in [0.1, 0.15) is 0 Å². The highest BCUT2D eigenvalue weighted by Gasteiger charge is 2.23. The highest BCUT2D eigenvalue weighted by Crippen LogP contribution is 2.12. The van der Waals surface area contributed by atoms with Gasteiger partial charge in [0.25, 0.3) is 0 Å². The van der Waals surface area contributed by atoms with Crippen molar-refractivity contribution >= 4 is 0 Å². The first-order valence-electron chi connectivity index (χ1n) is 4.96. The average Bonchev–Trinajstić information content (AvgIpc) is 2.78. The highest BCUT2D eigenvalue weighted by atomic mass is 16.5. The van der Waals surface area contributed by atoms with Crippen LogP contribution in [0.25, 0.3) is 0 Å². The number of hydrogen-bond acceptors (Lipinski definition) is 5. The fourth-order valence-electron chi connectivity index (χ4n) is 1.67. The SMILES string of the molecule is CC1OCCC1NCCc1ncon1. The van der Waals surface area contributed by atoms with E-state index in [0.29, 0.717) is 12.1 Å². The summed E-state index contributed by atoms with van der Waals surface area (Å²) in [5.41, 5.74) is 0. The summed E-state index contributed by atoms with van der Waals surface area (Å²) >= 11 is 0. The Morgan fingerprint density at radius 2 is 2.57 bits per heavy atom. The number of nitrogens with zero attached hydrogens (tertiary/aromatic N) is 2. The maximum absolute atomic E-state index is 5.44. The van der Waals surface area contributed by atoms with Crippen LogP contribution in [0, 0.1) is 0 Å². The lowest BCUT2D eigenvalue weighted by atomic mass is 10.1. The Hall–Kier alpha value is -0.940. The van der Waals surface area contributed by atoms with Crippen molar-refractivity contribution in [2.45, 2.75) is 31.9 Å². The number of aromatic nitrogens is 2. The minimum Gasteiger partial charge on any atom is -0.377 e. The lowest BCUT2D eigenvalue weighted by Crippen LogP contribution is -2.36. The summed E-state index contributed by atoms with van der Waals surface area (Å²) in [6, 6.07) is 0.474. The van der Waals surface area contributed by atoms with Gasteiger partial charge in [-0.2, -0.15) is 4.98 Å². The lowest BCUT2D eigenvalue weighted by Gasteiger charge is -2.14. The van der Waals surface area contributed by atoms with Crippen LogP contribution in [-0.2, 0) is 11.2 Å². The first-order valence-corrected chi connectivity index (χ1v) is 4.96. The second-order valence-corrected chi connectivity index (χ2v) is 3.52. The van der Waals surface area contributed by atoms with Gasteiger partial charge in [-0.15, -0.1) is 0 Å². The second kappa shape index (κ2) is 4.52. The Morgan fingerprint density at radius 1 is 1.64 bits per heavy atom. The van der Waals surface area contributed by atoms with Crippen LogP contribution in [0.1, 0.15) is 19.2 Å². The summed E-state index contributed by atoms with van der Waals surface area (Å²) < 4.78 is 10.1. The molecule has 0 bridgehead atoms. The van der Waals surface area contributed by atoms with Crippen LogP contribution < -0.4 is 5.32 Å². The molecule has 0 radical (unpaired) electrons. The molecule has 0 aliphatic carbocycles. The molecule has 2 unspecified atom stereocenters. The van der Waals surface area contributed by atoms with Crippen molar-refractivity contribution < 1.29 is 9.26 Å². The molecular weight excluding hydrogens is 182 g/mol. The van der Waals surface area contributed by atoms with E-state index in [2.05, 4.69) is 26.9 Å². The molecule has 2 atom stereocenters. The summed E-state index contributed by atoms with van der Waals surface area (Å²) in [5.74, 6) is 0.754. The molecule has 0 saturated carbocycles. The molecule has 2 rings (SSSR count). The molecule has 1 aliphatic heterocycles. The maximum Gasteiger partial charge on any atom is 0.213 e. The third-order valence-electron chi connectivity index (χ3n) is 2.54. The molecule has 5 nitrogen and oxygen atoms in total. The van der Waals surface area contributed by atoms with Crippen LogP contribution in [0.4, 0.5) is 0 Å². The topological polar surface area (TPSA) is 60.2 Å². The molecule has 1 aliphatic rings. The van der Waals surface area contributed by atoms with Crippen LogP contribution in [0.2, 0.25) is 0 Å². The summed E-state index contributed by atoms with van der Waals surface area (Å²) in [6.45, 7) is 3.83. The van der Waals surface area contributed by atoms with E-state index in [1.807, 2.05) is 0 Å². The zero-order valence-electron chi connectivity index (χ0n) is 8.27. The third kappa shape index (κ3) is 2.30. The fourth-order valence-corrected chi connectivity index (χ4v) is 1.67. The molecule has 2 heterocycles. The van der Waals surface area contributed by atoms with E-state index in [-0.39, 0.29) is 0 Å². The monoisotopic (exact) mass is 197 g/mol. The second-order valence-electron chi connectivity index (χ2n) is 3.52. The minimum atomic E-state index is 0.320. The van der Waals surface area contributed by atoms with Gasteiger partial charge in [-0.3, -0.25) is 0 Å². The normalized spacial score (nSPS) is 26.9. The number of hydrogen-bond donors (Lipinski definition) is 1. The van der Waals surface area contributed by atoms with E-state index in [9.17, 15) is 0 Å². The van der Waals surface area contributed by atoms with E-state index in [1.165, 1.54) is 6.39 Å². The first kappa shape index (κ1) is 9.61. The summed E-state index contributed by atoms with van der Waals surface area (Å²) in [7, 11) is 0. The standard InChI is InChI=1S/C9H15N3O2/c1-7-8(3-5-13-7)10-4-2-9-11-6-14-12-9/h6-8,10H,2-5H2,1H3. The van der Waals surface area contributed by atoms with Crippen molar-refractivity contribution in [3.05, 3.63) is 12.2 Å². The Labute approximate surface area is 82.8 Å². The van der Waals surface area contributed by atoms with Crippen molar-refractivity contribution in [2.75, 3.05) is 13.2 Å². The van der Waals surface area contributed by atoms with Crippen LogP contribution >= 0.6 is 0 Å². The molecule has 0 amide bonds. The number of ether oxygens (including phenoxy) is 1. The van der Waals surface area contributed by atoms with E-state index < -0.39 is 0 Å². The third-order valence-corrected chi connectivity index (χ3v) is 2.54. The minimum absolute atomic E-state index is 0.320. The molecular formula is C9H15N3O2. The van der Waals surface area contributed by atoms with E-state index >= 15 is 0 Å². The van der Waals surface area contributed by atoms with Crippen molar-refractivity contribution in [3.63, 3.8) is 0 Å². The smallest absolute Gasteiger partial charge is 0.213 e. The van der Waals surface area contributed by atoms with Gasteiger partial charge < -0.3 is 14.6 Å². The van der Waals surface area contributed by atoms with Crippen molar-refractivity contribution in [1.29, 1.82) is 0 Å². The van der Waals surface area contributed by atoms with Crippen molar-refractivity contribution in [3.8, 4) is 0 Å². The Bertz CT molecular complexity index is 263. The largest absolute Gasteiger partial charge is 0.377 e. The predicted octanol–water partition coefficient (Wildman–Crippen LogP) is 0.379. The quantitative estimate of drug-likeness (QED) is 0.756. The van der Waals surface area contributed by atoms with Gasteiger partial charge in [-0.1, -0.05) is 5.16 Å². The average molecular weight is 197 g/mol. The first-order chi connectivity index (χ1) is 6.86. The Balaban J connectivity index is 1.68. The summed E-state index contributed by atoms with van der Waals surface area (Å²) in [6.07, 6.45) is 3.57. The van der Waals surface area contributed by atoms with E-state index in [4.69, 9.17) is 4.74 Å². The van der Waals surface area contributed by atoms with Gasteiger partial charge in [0, 0.05) is 25.6 Å². The predicted molar refractivity (Wildman–Crippen MR) is 49.8 cm³/mol. The van der Waals surface area contributed by atoms with Crippen molar-refractivity contribution in [1.82, 2.24) is 15.5 Å². The van der Waals surface area contributed by atoms with Gasteiger partial charge in [0.15, 0.2) is 5.82 Å². The Morgan fingerprint density at radius 3 is 3.21 bits per heavy atom. The molecule has 0 spiro atoms. The zero-order valence-corrected chi connectivity index (χ0v) is 8.27. The highest BCUT2D eigenvalue weighted by molar-refractivity contribution is 4.83. The molecule has 1 N–H and O–H groups in total. The fraction of sp³-hybridized carbons (Fsp3) is 0.778. The molecule has 5 heteroatoms. The van der Waals surface area contributed by atoms with Gasteiger partial charge >= 0.3 is 0 Å². The molecule has 1 fully saturated rings. The molecule has 1 aromatic rings. The molecule has 0 aromatic carbocycles.